The van der Waals surface area contributed by atoms with Gasteiger partial charge in [-0.05, 0) is 43.5 Å². The molecule has 1 atom stereocenters. The van der Waals surface area contributed by atoms with Crippen LogP contribution in [0.2, 0.25) is 0 Å². The summed E-state index contributed by atoms with van der Waals surface area (Å²) in [6.07, 6.45) is 1.04. The van der Waals surface area contributed by atoms with E-state index >= 15 is 0 Å². The molecule has 1 unspecified atom stereocenters. The second-order valence-corrected chi connectivity index (χ2v) is 5.95. The summed E-state index contributed by atoms with van der Waals surface area (Å²) < 4.78 is 0. The van der Waals surface area contributed by atoms with E-state index in [1.165, 1.54) is 0 Å². The van der Waals surface area contributed by atoms with E-state index in [0.717, 1.165) is 0 Å². The van der Waals surface area contributed by atoms with Crippen LogP contribution in [0.3, 0.4) is 0 Å². The molecular weight excluding hydrogens is 266 g/mol. The normalized spacial score (nSPS) is 13.6. The molecule has 0 bridgehead atoms. The first-order valence-electron chi connectivity index (χ1n) is 7.25. The molecule has 1 aromatic carbocycles. The van der Waals surface area contributed by atoms with Crippen LogP contribution in [0.1, 0.15) is 40.5 Å². The number of anilines is 2. The number of hydrogen-bond acceptors (Lipinski definition) is 3. The maximum atomic E-state index is 11.9. The molecular formula is C16H25N3O2. The zero-order chi connectivity index (χ0) is 16.0. The zero-order valence-electron chi connectivity index (χ0n) is 13.2. The van der Waals surface area contributed by atoms with Gasteiger partial charge in [0.15, 0.2) is 0 Å². The molecule has 0 aliphatic heterocycles. The molecule has 21 heavy (non-hydrogen) atoms. The number of nitrogens with one attached hydrogen (secondary N) is 2. The van der Waals surface area contributed by atoms with Gasteiger partial charge in [-0.3, -0.25) is 9.59 Å². The molecule has 0 aromatic heterocycles. The molecule has 1 aromatic rings. The summed E-state index contributed by atoms with van der Waals surface area (Å²) in [4.78, 5) is 23.6. The molecule has 4 N–H and O–H groups in total. The smallest absolute Gasteiger partial charge is 0.244 e. The van der Waals surface area contributed by atoms with Crippen LogP contribution in [0.25, 0.3) is 0 Å². The molecule has 0 fully saturated rings. The van der Waals surface area contributed by atoms with Crippen LogP contribution < -0.4 is 16.4 Å². The van der Waals surface area contributed by atoms with Gasteiger partial charge < -0.3 is 16.4 Å². The van der Waals surface area contributed by atoms with E-state index in [9.17, 15) is 9.59 Å². The van der Waals surface area contributed by atoms with Gasteiger partial charge in [0.1, 0.15) is 0 Å². The lowest BCUT2D eigenvalue weighted by atomic mass is 9.99. The van der Waals surface area contributed by atoms with Crippen molar-refractivity contribution in [2.45, 2.75) is 46.1 Å². The topological polar surface area (TPSA) is 84.2 Å². The molecule has 0 spiro atoms. The Kier molecular flexibility index (Phi) is 5.90. The number of carbonyl (C=O) groups excluding carboxylic acids is 2. The van der Waals surface area contributed by atoms with Crippen molar-refractivity contribution in [1.82, 2.24) is 0 Å². The molecule has 5 heteroatoms. The number of nitrogens with two attached hydrogens (primary N) is 1. The fourth-order valence-corrected chi connectivity index (χ4v) is 1.65. The van der Waals surface area contributed by atoms with E-state index in [2.05, 4.69) is 10.6 Å². The maximum Gasteiger partial charge on any atom is 0.244 e. The number of carbonyl (C=O) groups is 2. The summed E-state index contributed by atoms with van der Waals surface area (Å²) in [6.45, 7) is 7.56. The van der Waals surface area contributed by atoms with Crippen LogP contribution in [-0.4, -0.2) is 17.4 Å². The lowest BCUT2D eigenvalue weighted by Crippen LogP contribution is -2.47. The molecule has 2 amide bonds. The number of hydrogen-bond donors (Lipinski definition) is 3. The second kappa shape index (κ2) is 7.22. The van der Waals surface area contributed by atoms with Gasteiger partial charge >= 0.3 is 0 Å². The minimum absolute atomic E-state index is 0.0118. The number of benzene rings is 1. The first-order chi connectivity index (χ1) is 9.74. The summed E-state index contributed by atoms with van der Waals surface area (Å²) in [5, 5.41) is 5.59. The zero-order valence-corrected chi connectivity index (χ0v) is 13.2. The third-order valence-electron chi connectivity index (χ3n) is 3.27. The highest BCUT2D eigenvalue weighted by atomic mass is 16.2. The summed E-state index contributed by atoms with van der Waals surface area (Å²) in [6, 6.07) is 7.00. The molecule has 0 aliphatic rings. The Balaban J connectivity index is 2.62. The van der Waals surface area contributed by atoms with Crippen molar-refractivity contribution in [1.29, 1.82) is 0 Å². The van der Waals surface area contributed by atoms with Crippen molar-refractivity contribution in [2.75, 3.05) is 10.6 Å². The first-order valence-corrected chi connectivity index (χ1v) is 7.25. The van der Waals surface area contributed by atoms with Gasteiger partial charge in [-0.2, -0.15) is 0 Å². The fraction of sp³-hybridized carbons (Fsp3) is 0.500. The third kappa shape index (κ3) is 5.55. The van der Waals surface area contributed by atoms with Gasteiger partial charge in [0.25, 0.3) is 0 Å². The third-order valence-corrected chi connectivity index (χ3v) is 3.27. The Labute approximate surface area is 126 Å². The van der Waals surface area contributed by atoms with E-state index in [1.807, 2.05) is 20.8 Å². The molecule has 0 saturated carbocycles. The van der Waals surface area contributed by atoms with Gasteiger partial charge in [-0.15, -0.1) is 0 Å². The molecule has 0 radical (unpaired) electrons. The van der Waals surface area contributed by atoms with Gasteiger partial charge in [0.05, 0.1) is 5.54 Å². The highest BCUT2D eigenvalue weighted by molar-refractivity contribution is 5.98. The van der Waals surface area contributed by atoms with Crippen molar-refractivity contribution in [3.05, 3.63) is 24.3 Å². The molecule has 1 rings (SSSR count). The Morgan fingerprint density at radius 2 is 1.62 bits per heavy atom. The predicted octanol–water partition coefficient (Wildman–Crippen LogP) is 2.74. The molecule has 0 saturated heterocycles. The lowest BCUT2D eigenvalue weighted by molar-refractivity contribution is -0.120. The van der Waals surface area contributed by atoms with Crippen molar-refractivity contribution < 1.29 is 9.59 Å². The molecule has 5 nitrogen and oxygen atoms in total. The van der Waals surface area contributed by atoms with Crippen molar-refractivity contribution in [3.63, 3.8) is 0 Å². The monoisotopic (exact) mass is 291 g/mol. The fourth-order valence-electron chi connectivity index (χ4n) is 1.65. The van der Waals surface area contributed by atoms with E-state index in [0.29, 0.717) is 30.1 Å². The number of rotatable bonds is 6. The highest BCUT2D eigenvalue weighted by Crippen LogP contribution is 2.16. The average molecular weight is 291 g/mol. The van der Waals surface area contributed by atoms with Crippen molar-refractivity contribution in [3.8, 4) is 0 Å². The highest BCUT2D eigenvalue weighted by Gasteiger charge is 2.25. The van der Waals surface area contributed by atoms with E-state index in [4.69, 9.17) is 5.73 Å². The van der Waals surface area contributed by atoms with E-state index < -0.39 is 5.54 Å². The summed E-state index contributed by atoms with van der Waals surface area (Å²) in [5.74, 6) is 0.0868. The van der Waals surface area contributed by atoms with Gasteiger partial charge in [-0.1, -0.05) is 20.8 Å². The van der Waals surface area contributed by atoms with E-state index in [-0.39, 0.29) is 11.8 Å². The van der Waals surface area contributed by atoms with Crippen molar-refractivity contribution in [2.24, 2.45) is 11.7 Å². The Hall–Kier alpha value is -1.88. The molecule has 0 aliphatic carbocycles. The minimum atomic E-state index is -0.885. The van der Waals surface area contributed by atoms with Crippen molar-refractivity contribution >= 4 is 23.2 Å². The van der Waals surface area contributed by atoms with Gasteiger partial charge in [0.2, 0.25) is 11.8 Å². The summed E-state index contributed by atoms with van der Waals surface area (Å²) in [7, 11) is 0. The van der Waals surface area contributed by atoms with Crippen LogP contribution in [-0.2, 0) is 9.59 Å². The van der Waals surface area contributed by atoms with Crippen LogP contribution in [0.4, 0.5) is 11.4 Å². The predicted molar refractivity (Wildman–Crippen MR) is 86.0 cm³/mol. The van der Waals surface area contributed by atoms with Crippen LogP contribution in [0.5, 0.6) is 0 Å². The number of amides is 2. The summed E-state index contributed by atoms with van der Waals surface area (Å²) in [5.41, 5.74) is 6.37. The molecule has 0 heterocycles. The lowest BCUT2D eigenvalue weighted by Gasteiger charge is -2.21. The Morgan fingerprint density at radius 3 is 2.05 bits per heavy atom. The van der Waals surface area contributed by atoms with Gasteiger partial charge in [0, 0.05) is 17.8 Å². The Morgan fingerprint density at radius 1 is 1.14 bits per heavy atom. The van der Waals surface area contributed by atoms with E-state index in [1.54, 1.807) is 31.2 Å². The maximum absolute atomic E-state index is 11.9. The first kappa shape index (κ1) is 17.2. The standard InChI is InChI=1S/C16H25N3O2/c1-5-16(4,17)15(21)19-13-8-6-12(7-9-13)18-14(20)10-11(2)3/h6-9,11H,5,10,17H2,1-4H3,(H,18,20)(H,19,21). The SMILES string of the molecule is CCC(C)(N)C(=O)Nc1ccc(NC(=O)CC(C)C)cc1. The average Bonchev–Trinajstić information content (AvgIpc) is 2.40. The largest absolute Gasteiger partial charge is 0.326 e. The Bertz CT molecular complexity index is 493. The quantitative estimate of drug-likeness (QED) is 0.753. The summed E-state index contributed by atoms with van der Waals surface area (Å²) >= 11 is 0. The minimum Gasteiger partial charge on any atom is -0.326 e. The second-order valence-electron chi connectivity index (χ2n) is 5.95. The van der Waals surface area contributed by atoms with Crippen LogP contribution in [0, 0.1) is 5.92 Å². The van der Waals surface area contributed by atoms with Crippen LogP contribution in [0.15, 0.2) is 24.3 Å². The van der Waals surface area contributed by atoms with Gasteiger partial charge in [-0.25, -0.2) is 0 Å². The van der Waals surface area contributed by atoms with Crippen LogP contribution >= 0.6 is 0 Å². The molecule has 116 valence electrons.